The molecule has 32 heavy (non-hydrogen) atoms. The van der Waals surface area contributed by atoms with Gasteiger partial charge >= 0.3 is 11.7 Å². The van der Waals surface area contributed by atoms with Crippen LogP contribution in [0.1, 0.15) is 5.56 Å². The van der Waals surface area contributed by atoms with Crippen LogP contribution in [0.15, 0.2) is 47.4 Å². The molecule has 0 bridgehead atoms. The molecule has 0 atom stereocenters. The maximum atomic E-state index is 12.5. The molecule has 0 aromatic heterocycles. The highest BCUT2D eigenvalue weighted by molar-refractivity contribution is 8.18. The fourth-order valence-electron chi connectivity index (χ4n) is 2.63. The Morgan fingerprint density at radius 2 is 1.81 bits per heavy atom. The molecule has 2 aromatic carbocycles. The summed E-state index contributed by atoms with van der Waals surface area (Å²) < 4.78 is 10.1. The van der Waals surface area contributed by atoms with Crippen LogP contribution in [0.25, 0.3) is 6.08 Å². The van der Waals surface area contributed by atoms with Crippen LogP contribution in [0.3, 0.4) is 0 Å². The van der Waals surface area contributed by atoms with E-state index in [1.165, 1.54) is 12.1 Å². The van der Waals surface area contributed by atoms with Gasteiger partial charge in [0.05, 0.1) is 27.9 Å². The standard InChI is InChI=1S/C19H13N3O9S/c1-30-17(23)10-20-18(24)16(32-19(20)25)8-11-4-2-3-5-14(11)31-15-7-6-12(21(26)27)9-13(15)22(28)29/h2-9H,10H2,1H3/b16-8+. The van der Waals surface area contributed by atoms with Crippen molar-refractivity contribution in [1.82, 2.24) is 4.90 Å². The van der Waals surface area contributed by atoms with E-state index in [9.17, 15) is 34.6 Å². The van der Waals surface area contributed by atoms with Crippen LogP contribution in [0.2, 0.25) is 0 Å². The number of carbonyl (C=O) groups is 3. The van der Waals surface area contributed by atoms with Crippen LogP contribution in [0.4, 0.5) is 16.2 Å². The molecule has 164 valence electrons. The van der Waals surface area contributed by atoms with Crippen molar-refractivity contribution in [3.63, 3.8) is 0 Å². The Morgan fingerprint density at radius 3 is 2.47 bits per heavy atom. The zero-order valence-electron chi connectivity index (χ0n) is 16.3. The zero-order valence-corrected chi connectivity index (χ0v) is 17.1. The molecule has 0 N–H and O–H groups in total. The molecule has 3 rings (SSSR count). The zero-order chi connectivity index (χ0) is 23.4. The highest BCUT2D eigenvalue weighted by Crippen LogP contribution is 2.38. The van der Waals surface area contributed by atoms with E-state index in [1.807, 2.05) is 0 Å². The predicted octanol–water partition coefficient (Wildman–Crippen LogP) is 3.50. The second-order valence-electron chi connectivity index (χ2n) is 6.15. The minimum Gasteiger partial charge on any atom is -0.468 e. The van der Waals surface area contributed by atoms with Gasteiger partial charge in [-0.3, -0.25) is 39.5 Å². The van der Waals surface area contributed by atoms with Crippen molar-refractivity contribution in [1.29, 1.82) is 0 Å². The maximum Gasteiger partial charge on any atom is 0.325 e. The lowest BCUT2D eigenvalue weighted by Crippen LogP contribution is -2.34. The number of non-ortho nitro benzene ring substituents is 1. The van der Waals surface area contributed by atoms with Gasteiger partial charge in [0.2, 0.25) is 5.75 Å². The second kappa shape index (κ2) is 9.26. The van der Waals surface area contributed by atoms with Gasteiger partial charge in [-0.25, -0.2) is 0 Å². The number of para-hydroxylation sites is 1. The lowest BCUT2D eigenvalue weighted by Gasteiger charge is -2.10. The largest absolute Gasteiger partial charge is 0.468 e. The summed E-state index contributed by atoms with van der Waals surface area (Å²) in [5.41, 5.74) is -0.785. The van der Waals surface area contributed by atoms with E-state index < -0.39 is 44.9 Å². The first-order chi connectivity index (χ1) is 15.2. The van der Waals surface area contributed by atoms with Crippen molar-refractivity contribution in [2.24, 2.45) is 0 Å². The highest BCUT2D eigenvalue weighted by Gasteiger charge is 2.36. The lowest BCUT2D eigenvalue weighted by molar-refractivity contribution is -0.394. The number of nitro benzene ring substituents is 2. The average molecular weight is 459 g/mol. The van der Waals surface area contributed by atoms with E-state index in [0.717, 1.165) is 30.2 Å². The molecule has 2 amide bonds. The molecule has 2 aromatic rings. The first-order valence-corrected chi connectivity index (χ1v) is 9.54. The van der Waals surface area contributed by atoms with Gasteiger partial charge in [0.25, 0.3) is 16.8 Å². The van der Waals surface area contributed by atoms with Crippen molar-refractivity contribution < 1.29 is 33.7 Å². The molecule has 0 saturated carbocycles. The Balaban J connectivity index is 1.93. The summed E-state index contributed by atoms with van der Waals surface area (Å²) >= 11 is 0.609. The smallest absolute Gasteiger partial charge is 0.325 e. The van der Waals surface area contributed by atoms with E-state index in [1.54, 1.807) is 18.2 Å². The van der Waals surface area contributed by atoms with Crippen molar-refractivity contribution in [3.05, 3.63) is 73.2 Å². The Hall–Kier alpha value is -4.26. The van der Waals surface area contributed by atoms with E-state index in [2.05, 4.69) is 4.74 Å². The van der Waals surface area contributed by atoms with Gasteiger partial charge in [-0.05, 0) is 30.0 Å². The van der Waals surface area contributed by atoms with E-state index in [-0.39, 0.29) is 16.4 Å². The van der Waals surface area contributed by atoms with Crippen molar-refractivity contribution in [2.45, 2.75) is 0 Å². The summed E-state index contributed by atoms with van der Waals surface area (Å²) in [6.07, 6.45) is 1.34. The Morgan fingerprint density at radius 1 is 1.09 bits per heavy atom. The molecule has 0 radical (unpaired) electrons. The number of nitrogens with zero attached hydrogens (tertiary/aromatic N) is 3. The number of benzene rings is 2. The number of methoxy groups -OCH3 is 1. The number of nitro groups is 2. The second-order valence-corrected chi connectivity index (χ2v) is 7.14. The third-order valence-electron chi connectivity index (χ3n) is 4.16. The van der Waals surface area contributed by atoms with Crippen LogP contribution >= 0.6 is 11.8 Å². The van der Waals surface area contributed by atoms with Gasteiger partial charge in [0, 0.05) is 11.6 Å². The molecular formula is C19H13N3O9S. The molecule has 1 saturated heterocycles. The van der Waals surface area contributed by atoms with Gasteiger partial charge in [0.15, 0.2) is 0 Å². The molecule has 1 aliphatic heterocycles. The third-order valence-corrected chi connectivity index (χ3v) is 5.07. The molecule has 12 nitrogen and oxygen atoms in total. The number of esters is 1. The minimum atomic E-state index is -0.816. The average Bonchev–Trinajstić information content (AvgIpc) is 3.02. The fraction of sp³-hybridized carbons (Fsp3) is 0.105. The molecule has 1 aliphatic rings. The molecule has 1 fully saturated rings. The van der Waals surface area contributed by atoms with Gasteiger partial charge in [0.1, 0.15) is 12.3 Å². The number of hydrogen-bond acceptors (Lipinski definition) is 10. The monoisotopic (exact) mass is 459 g/mol. The summed E-state index contributed by atoms with van der Waals surface area (Å²) in [5.74, 6) is -1.62. The molecule has 13 heteroatoms. The lowest BCUT2D eigenvalue weighted by atomic mass is 10.1. The Bertz CT molecular complexity index is 1180. The number of rotatable bonds is 7. The quantitative estimate of drug-likeness (QED) is 0.259. The van der Waals surface area contributed by atoms with Gasteiger partial charge in [-0.1, -0.05) is 18.2 Å². The maximum absolute atomic E-state index is 12.5. The fourth-order valence-corrected chi connectivity index (χ4v) is 3.46. The van der Waals surface area contributed by atoms with Crippen LogP contribution in [-0.4, -0.2) is 45.5 Å². The predicted molar refractivity (Wildman–Crippen MR) is 111 cm³/mol. The summed E-state index contributed by atoms with van der Waals surface area (Å²) in [7, 11) is 1.13. The Labute approximate surface area is 183 Å². The van der Waals surface area contributed by atoms with Crippen molar-refractivity contribution in [2.75, 3.05) is 13.7 Å². The minimum absolute atomic E-state index is 0.00755. The first kappa shape index (κ1) is 22.4. The number of hydrogen-bond donors (Lipinski definition) is 0. The summed E-state index contributed by atoms with van der Waals surface area (Å²) in [5, 5.41) is 21.6. The SMILES string of the molecule is COC(=O)CN1C(=O)S/C(=C/c2ccccc2Oc2ccc([N+](=O)[O-])cc2[N+](=O)[O-])C1=O. The number of ether oxygens (including phenoxy) is 2. The number of imide groups is 1. The van der Waals surface area contributed by atoms with Crippen LogP contribution < -0.4 is 4.74 Å². The van der Waals surface area contributed by atoms with E-state index >= 15 is 0 Å². The van der Waals surface area contributed by atoms with Gasteiger partial charge in [-0.2, -0.15) is 0 Å². The number of thioether (sulfide) groups is 1. The summed E-state index contributed by atoms with van der Waals surface area (Å²) in [4.78, 5) is 57.4. The number of amides is 2. The Kier molecular flexibility index (Phi) is 6.49. The third kappa shape index (κ3) is 4.73. The number of carbonyl (C=O) groups excluding carboxylic acids is 3. The van der Waals surface area contributed by atoms with Gasteiger partial charge in [-0.15, -0.1) is 0 Å². The van der Waals surface area contributed by atoms with Crippen LogP contribution in [0, 0.1) is 20.2 Å². The molecule has 0 unspecified atom stereocenters. The first-order valence-electron chi connectivity index (χ1n) is 8.73. The van der Waals surface area contributed by atoms with E-state index in [4.69, 9.17) is 4.74 Å². The van der Waals surface area contributed by atoms with Crippen molar-refractivity contribution >= 4 is 46.3 Å². The summed E-state index contributed by atoms with van der Waals surface area (Å²) in [6, 6.07) is 9.13. The molecule has 1 heterocycles. The van der Waals surface area contributed by atoms with E-state index in [0.29, 0.717) is 17.3 Å². The highest BCUT2D eigenvalue weighted by atomic mass is 32.2. The van der Waals surface area contributed by atoms with Gasteiger partial charge < -0.3 is 9.47 Å². The van der Waals surface area contributed by atoms with Crippen molar-refractivity contribution in [3.8, 4) is 11.5 Å². The normalized spacial score (nSPS) is 14.5. The topological polar surface area (TPSA) is 159 Å². The molecule has 0 spiro atoms. The van der Waals surface area contributed by atoms with Crippen LogP contribution in [-0.2, 0) is 14.3 Å². The summed E-state index contributed by atoms with van der Waals surface area (Å²) in [6.45, 7) is -0.536. The van der Waals surface area contributed by atoms with Crippen LogP contribution in [0.5, 0.6) is 11.5 Å². The molecule has 0 aliphatic carbocycles. The molecular weight excluding hydrogens is 446 g/mol.